The Morgan fingerprint density at radius 2 is 1.93 bits per heavy atom. The number of benzene rings is 2. The summed E-state index contributed by atoms with van der Waals surface area (Å²) in [6.45, 7) is 13.8. The van der Waals surface area contributed by atoms with E-state index >= 15 is 0 Å². The number of ether oxygens (including phenoxy) is 1. The number of aliphatic hydroxyl groups excluding tert-OH is 1. The predicted octanol–water partition coefficient (Wildman–Crippen LogP) is 4.07. The van der Waals surface area contributed by atoms with Crippen LogP contribution in [-0.2, 0) is 13.0 Å². The molecule has 6 rings (SSSR count). The highest BCUT2D eigenvalue weighted by atomic mass is 16.5. The Morgan fingerprint density at radius 3 is 2.70 bits per heavy atom. The molecule has 3 aliphatic rings. The molecule has 0 saturated carbocycles. The first-order chi connectivity index (χ1) is 19.3. The Kier molecular flexibility index (Phi) is 7.42. The Bertz CT molecular complexity index is 1370. The van der Waals surface area contributed by atoms with E-state index in [2.05, 4.69) is 89.5 Å². The molecule has 3 aromatic rings. The van der Waals surface area contributed by atoms with Gasteiger partial charge in [-0.25, -0.2) is 0 Å². The number of hydrogen-bond acceptors (Lipinski definition) is 8. The fourth-order valence-electron chi connectivity index (χ4n) is 6.69. The molecule has 212 valence electrons. The minimum atomic E-state index is -0.641. The topological polar surface area (TPSA) is 68.2 Å². The van der Waals surface area contributed by atoms with Gasteiger partial charge in [0.1, 0.15) is 18.7 Å². The Morgan fingerprint density at radius 1 is 1.10 bits per heavy atom. The molecule has 2 saturated heterocycles. The van der Waals surface area contributed by atoms with Gasteiger partial charge in [0.15, 0.2) is 0 Å². The van der Waals surface area contributed by atoms with Crippen molar-refractivity contribution in [2.45, 2.75) is 57.5 Å². The first kappa shape index (κ1) is 27.0. The standard InChI is InChI=1S/C32H42N6O2/c1-5-29(39)37-18-19-38(32(2,3)22-37)30-26-15-17-36(28-14-8-11-23-10-6-7-13-25(23)28)20-27(26)33-31(34-30)40-21-24-12-9-16-35(24)4/h5-8,10-11,13-14,24,29,39H,1,9,12,15-22H2,2-4H3/t24-,29?/m0/s1. The van der Waals surface area contributed by atoms with E-state index in [0.717, 1.165) is 50.5 Å². The third kappa shape index (κ3) is 5.16. The summed E-state index contributed by atoms with van der Waals surface area (Å²) < 4.78 is 6.34. The number of likely N-dealkylation sites (tertiary alicyclic amines) is 1. The van der Waals surface area contributed by atoms with Crippen LogP contribution in [-0.4, -0.2) is 89.1 Å². The lowest BCUT2D eigenvalue weighted by atomic mass is 9.95. The van der Waals surface area contributed by atoms with Crippen LogP contribution >= 0.6 is 0 Å². The van der Waals surface area contributed by atoms with Gasteiger partial charge in [-0.05, 0) is 64.2 Å². The zero-order valence-electron chi connectivity index (χ0n) is 24.1. The third-order valence-electron chi connectivity index (χ3n) is 8.98. The molecule has 0 aliphatic carbocycles. The van der Waals surface area contributed by atoms with Gasteiger partial charge in [-0.3, -0.25) is 4.90 Å². The van der Waals surface area contributed by atoms with E-state index in [1.165, 1.54) is 28.4 Å². The average molecular weight is 543 g/mol. The van der Waals surface area contributed by atoms with Crippen LogP contribution in [0.2, 0.25) is 0 Å². The summed E-state index contributed by atoms with van der Waals surface area (Å²) >= 11 is 0. The molecule has 40 heavy (non-hydrogen) atoms. The van der Waals surface area contributed by atoms with E-state index in [9.17, 15) is 5.11 Å². The number of anilines is 2. The normalized spacial score (nSPS) is 22.4. The van der Waals surface area contributed by atoms with Gasteiger partial charge in [0.2, 0.25) is 0 Å². The summed E-state index contributed by atoms with van der Waals surface area (Å²) in [7, 11) is 2.17. The fraction of sp³-hybridized carbons (Fsp3) is 0.500. The SMILES string of the molecule is C=CC(O)N1CCN(c2nc(OC[C@@H]3CCCN3C)nc3c2CCN(c2cccc4ccccc24)C3)C(C)(C)C1. The molecule has 4 heterocycles. The van der Waals surface area contributed by atoms with Crippen LogP contribution < -0.4 is 14.5 Å². The highest BCUT2D eigenvalue weighted by Gasteiger charge is 2.39. The smallest absolute Gasteiger partial charge is 0.318 e. The largest absolute Gasteiger partial charge is 0.462 e. The number of aliphatic hydroxyl groups is 1. The number of hydrogen-bond donors (Lipinski definition) is 1. The maximum Gasteiger partial charge on any atom is 0.318 e. The molecule has 1 unspecified atom stereocenters. The molecular formula is C32H42N6O2. The van der Waals surface area contributed by atoms with E-state index in [1.54, 1.807) is 6.08 Å². The lowest BCUT2D eigenvalue weighted by molar-refractivity contribution is 0.0159. The summed E-state index contributed by atoms with van der Waals surface area (Å²) in [5, 5.41) is 13.0. The van der Waals surface area contributed by atoms with Crippen molar-refractivity contribution in [1.82, 2.24) is 19.8 Å². The molecular weight excluding hydrogens is 500 g/mol. The minimum Gasteiger partial charge on any atom is -0.462 e. The van der Waals surface area contributed by atoms with Crippen LogP contribution in [0.3, 0.4) is 0 Å². The number of nitrogens with zero attached hydrogens (tertiary/aromatic N) is 6. The number of fused-ring (bicyclic) bond motifs is 2. The molecule has 2 atom stereocenters. The summed E-state index contributed by atoms with van der Waals surface area (Å²) in [5.41, 5.74) is 3.27. The Labute approximate surface area is 237 Å². The monoisotopic (exact) mass is 542 g/mol. The molecule has 0 amide bonds. The van der Waals surface area contributed by atoms with E-state index in [1.807, 2.05) is 0 Å². The Hall–Kier alpha value is -3.20. The van der Waals surface area contributed by atoms with Crippen LogP contribution in [0, 0.1) is 0 Å². The number of piperazine rings is 1. The molecule has 0 bridgehead atoms. The molecule has 8 nitrogen and oxygen atoms in total. The zero-order valence-corrected chi connectivity index (χ0v) is 24.1. The molecule has 0 spiro atoms. The molecule has 8 heteroatoms. The van der Waals surface area contributed by atoms with Crippen molar-refractivity contribution >= 4 is 22.3 Å². The molecule has 2 fully saturated rings. The number of aromatic nitrogens is 2. The summed E-state index contributed by atoms with van der Waals surface area (Å²) in [6, 6.07) is 16.0. The van der Waals surface area contributed by atoms with Crippen LogP contribution in [0.5, 0.6) is 6.01 Å². The first-order valence-electron chi connectivity index (χ1n) is 14.6. The lowest BCUT2D eigenvalue weighted by Gasteiger charge is -2.49. The molecule has 1 N–H and O–H groups in total. The predicted molar refractivity (Wildman–Crippen MR) is 161 cm³/mol. The van der Waals surface area contributed by atoms with Crippen molar-refractivity contribution in [3.05, 3.63) is 66.4 Å². The van der Waals surface area contributed by atoms with Gasteiger partial charge in [-0.1, -0.05) is 43.0 Å². The zero-order chi connectivity index (χ0) is 27.9. The van der Waals surface area contributed by atoms with E-state index < -0.39 is 6.23 Å². The maximum atomic E-state index is 10.5. The molecule has 2 aromatic carbocycles. The number of rotatable bonds is 7. The maximum absolute atomic E-state index is 10.5. The van der Waals surface area contributed by atoms with Gasteiger partial charge in [0.25, 0.3) is 0 Å². The molecule has 1 aromatic heterocycles. The summed E-state index contributed by atoms with van der Waals surface area (Å²) in [6.07, 6.45) is 4.17. The fourth-order valence-corrected chi connectivity index (χ4v) is 6.69. The second kappa shape index (κ2) is 11.0. The second-order valence-electron chi connectivity index (χ2n) is 12.1. The number of likely N-dealkylation sites (N-methyl/N-ethyl adjacent to an activating group) is 1. The van der Waals surface area contributed by atoms with Gasteiger partial charge >= 0.3 is 6.01 Å². The van der Waals surface area contributed by atoms with Crippen molar-refractivity contribution in [3.8, 4) is 6.01 Å². The van der Waals surface area contributed by atoms with E-state index in [4.69, 9.17) is 14.7 Å². The van der Waals surface area contributed by atoms with E-state index in [0.29, 0.717) is 31.7 Å². The third-order valence-corrected chi connectivity index (χ3v) is 8.98. The van der Waals surface area contributed by atoms with Crippen molar-refractivity contribution in [3.63, 3.8) is 0 Å². The van der Waals surface area contributed by atoms with Gasteiger partial charge in [-0.2, -0.15) is 9.97 Å². The van der Waals surface area contributed by atoms with Crippen LogP contribution in [0.4, 0.5) is 11.5 Å². The first-order valence-corrected chi connectivity index (χ1v) is 14.6. The minimum absolute atomic E-state index is 0.236. The van der Waals surface area contributed by atoms with Gasteiger partial charge < -0.3 is 24.5 Å². The molecule has 0 radical (unpaired) electrons. The van der Waals surface area contributed by atoms with Gasteiger partial charge in [0, 0.05) is 54.4 Å². The quantitative estimate of drug-likeness (QED) is 0.448. The highest BCUT2D eigenvalue weighted by molar-refractivity contribution is 5.94. The van der Waals surface area contributed by atoms with Gasteiger partial charge in [0.05, 0.1) is 12.2 Å². The van der Waals surface area contributed by atoms with Gasteiger partial charge in [-0.15, -0.1) is 0 Å². The van der Waals surface area contributed by atoms with Crippen molar-refractivity contribution in [2.75, 3.05) is 56.2 Å². The van der Waals surface area contributed by atoms with Crippen LogP contribution in [0.15, 0.2) is 55.1 Å². The summed E-state index contributed by atoms with van der Waals surface area (Å²) in [5.74, 6) is 0.982. The summed E-state index contributed by atoms with van der Waals surface area (Å²) in [4.78, 5) is 19.4. The lowest BCUT2D eigenvalue weighted by Crippen LogP contribution is -2.61. The van der Waals surface area contributed by atoms with Crippen molar-refractivity contribution < 1.29 is 9.84 Å². The molecule has 3 aliphatic heterocycles. The Balaban J connectivity index is 1.34. The second-order valence-corrected chi connectivity index (χ2v) is 12.1. The van der Waals surface area contributed by atoms with Crippen LogP contribution in [0.1, 0.15) is 37.9 Å². The van der Waals surface area contributed by atoms with Crippen molar-refractivity contribution in [1.29, 1.82) is 0 Å². The van der Waals surface area contributed by atoms with Crippen LogP contribution in [0.25, 0.3) is 10.8 Å². The van der Waals surface area contributed by atoms with Crippen molar-refractivity contribution in [2.24, 2.45) is 0 Å². The highest BCUT2D eigenvalue weighted by Crippen LogP contribution is 2.37. The van der Waals surface area contributed by atoms with E-state index in [-0.39, 0.29) is 5.54 Å². The average Bonchev–Trinajstić information content (AvgIpc) is 3.38.